The second-order valence-corrected chi connectivity index (χ2v) is 6.38. The Hall–Kier alpha value is -1.10. The minimum absolute atomic E-state index is 0.0867. The maximum Gasteiger partial charge on any atom is 0.234 e. The van der Waals surface area contributed by atoms with Gasteiger partial charge in [0.15, 0.2) is 0 Å². The largest absolute Gasteiger partial charge is 0.352 e. The Labute approximate surface area is 122 Å². The van der Waals surface area contributed by atoms with Crippen molar-refractivity contribution in [3.63, 3.8) is 0 Å². The Bertz CT molecular complexity index is 334. The lowest BCUT2D eigenvalue weighted by Crippen LogP contribution is -2.46. The number of rotatable bonds is 5. The Morgan fingerprint density at radius 3 is 2.20 bits per heavy atom. The van der Waals surface area contributed by atoms with Gasteiger partial charge in [-0.15, -0.1) is 0 Å². The maximum atomic E-state index is 11.9. The summed E-state index contributed by atoms with van der Waals surface area (Å²) in [5, 5.41) is 3.02. The molecule has 0 aromatic rings. The van der Waals surface area contributed by atoms with Gasteiger partial charge in [-0.05, 0) is 38.8 Å². The minimum atomic E-state index is 0.0867. The van der Waals surface area contributed by atoms with Crippen LogP contribution < -0.4 is 5.32 Å². The summed E-state index contributed by atoms with van der Waals surface area (Å²) >= 11 is 0. The van der Waals surface area contributed by atoms with Crippen LogP contribution in [0.5, 0.6) is 0 Å². The van der Waals surface area contributed by atoms with Crippen molar-refractivity contribution in [2.24, 2.45) is 11.8 Å². The van der Waals surface area contributed by atoms with Gasteiger partial charge < -0.3 is 10.2 Å². The summed E-state index contributed by atoms with van der Waals surface area (Å²) in [6.45, 7) is 8.33. The highest BCUT2D eigenvalue weighted by Crippen LogP contribution is 2.18. The van der Waals surface area contributed by atoms with E-state index in [1.165, 1.54) is 0 Å². The number of amides is 2. The monoisotopic (exact) mass is 283 g/mol. The van der Waals surface area contributed by atoms with Gasteiger partial charge in [0.05, 0.1) is 6.54 Å². The van der Waals surface area contributed by atoms with Crippen LogP contribution in [0.1, 0.15) is 33.6 Å². The molecule has 116 valence electrons. The van der Waals surface area contributed by atoms with Crippen LogP contribution in [-0.4, -0.2) is 61.4 Å². The molecule has 1 rings (SSSR count). The van der Waals surface area contributed by atoms with E-state index in [1.807, 2.05) is 6.92 Å². The van der Waals surface area contributed by atoms with Crippen LogP contribution in [0, 0.1) is 11.8 Å². The van der Waals surface area contributed by atoms with Crippen molar-refractivity contribution in [1.82, 2.24) is 15.1 Å². The van der Waals surface area contributed by atoms with Gasteiger partial charge in [-0.1, -0.05) is 13.8 Å². The number of nitrogens with one attached hydrogen (secondary N) is 1. The molecule has 1 heterocycles. The van der Waals surface area contributed by atoms with Crippen molar-refractivity contribution >= 4 is 11.8 Å². The lowest BCUT2D eigenvalue weighted by molar-refractivity contribution is -0.134. The molecule has 0 saturated carbocycles. The first-order valence-electron chi connectivity index (χ1n) is 7.54. The first kappa shape index (κ1) is 17.0. The molecular weight excluding hydrogens is 254 g/mol. The molecule has 5 heteroatoms. The van der Waals surface area contributed by atoms with E-state index in [9.17, 15) is 9.59 Å². The number of piperidine rings is 1. The normalized spacial score (nSPS) is 18.9. The van der Waals surface area contributed by atoms with Gasteiger partial charge in [-0.3, -0.25) is 14.5 Å². The molecule has 1 atom stereocenters. The molecule has 1 aliphatic rings. The predicted molar refractivity (Wildman–Crippen MR) is 80.3 cm³/mol. The standard InChI is InChI=1S/C15H29N3O2/c1-11(2)12(3)16-14(19)10-18-8-6-13(7-9-18)15(20)17(4)5/h11-13H,6-10H2,1-5H3,(H,16,19). The summed E-state index contributed by atoms with van der Waals surface area (Å²) in [6, 6.07) is 0.204. The molecule has 1 unspecified atom stereocenters. The highest BCUT2D eigenvalue weighted by molar-refractivity contribution is 5.79. The number of carbonyl (C=O) groups is 2. The van der Waals surface area contributed by atoms with Gasteiger partial charge in [0, 0.05) is 26.1 Å². The van der Waals surface area contributed by atoms with Crippen LogP contribution in [0.4, 0.5) is 0 Å². The molecular formula is C15H29N3O2. The van der Waals surface area contributed by atoms with Crippen molar-refractivity contribution in [2.45, 2.75) is 39.7 Å². The zero-order valence-corrected chi connectivity index (χ0v) is 13.5. The number of hydrogen-bond donors (Lipinski definition) is 1. The summed E-state index contributed by atoms with van der Waals surface area (Å²) in [5.74, 6) is 0.868. The molecule has 1 fully saturated rings. The Morgan fingerprint density at radius 2 is 1.75 bits per heavy atom. The minimum Gasteiger partial charge on any atom is -0.352 e. The molecule has 1 saturated heterocycles. The molecule has 1 aliphatic heterocycles. The van der Waals surface area contributed by atoms with Gasteiger partial charge in [0.2, 0.25) is 11.8 Å². The second-order valence-electron chi connectivity index (χ2n) is 6.38. The summed E-state index contributed by atoms with van der Waals surface area (Å²) in [6.07, 6.45) is 1.70. The second kappa shape index (κ2) is 7.62. The van der Waals surface area contributed by atoms with Crippen LogP contribution in [0.15, 0.2) is 0 Å². The number of carbonyl (C=O) groups excluding carboxylic acids is 2. The Morgan fingerprint density at radius 1 is 1.20 bits per heavy atom. The van der Waals surface area contributed by atoms with E-state index in [-0.39, 0.29) is 23.8 Å². The van der Waals surface area contributed by atoms with E-state index in [1.54, 1.807) is 19.0 Å². The lowest BCUT2D eigenvalue weighted by atomic mass is 9.95. The first-order valence-corrected chi connectivity index (χ1v) is 7.54. The predicted octanol–water partition coefficient (Wildman–Crippen LogP) is 0.947. The SMILES string of the molecule is CC(C)C(C)NC(=O)CN1CCC(C(=O)N(C)C)CC1. The molecule has 0 aromatic carbocycles. The van der Waals surface area contributed by atoms with E-state index in [2.05, 4.69) is 24.1 Å². The van der Waals surface area contributed by atoms with Crippen molar-refractivity contribution in [3.8, 4) is 0 Å². The molecule has 5 nitrogen and oxygen atoms in total. The van der Waals surface area contributed by atoms with Gasteiger partial charge in [0.1, 0.15) is 0 Å². The smallest absolute Gasteiger partial charge is 0.234 e. The molecule has 0 aliphatic carbocycles. The fourth-order valence-corrected chi connectivity index (χ4v) is 2.37. The average Bonchev–Trinajstić information content (AvgIpc) is 2.38. The molecule has 20 heavy (non-hydrogen) atoms. The average molecular weight is 283 g/mol. The molecule has 0 aromatic heterocycles. The Kier molecular flexibility index (Phi) is 6.46. The number of likely N-dealkylation sites (tertiary alicyclic amines) is 1. The van der Waals surface area contributed by atoms with Crippen LogP contribution in [-0.2, 0) is 9.59 Å². The van der Waals surface area contributed by atoms with Crippen LogP contribution in [0.25, 0.3) is 0 Å². The Balaban J connectivity index is 2.32. The fraction of sp³-hybridized carbons (Fsp3) is 0.867. The summed E-state index contributed by atoms with van der Waals surface area (Å²) in [5.41, 5.74) is 0. The maximum absolute atomic E-state index is 11.9. The van der Waals surface area contributed by atoms with Crippen molar-refractivity contribution in [1.29, 1.82) is 0 Å². The van der Waals surface area contributed by atoms with Crippen LogP contribution >= 0.6 is 0 Å². The fourth-order valence-electron chi connectivity index (χ4n) is 2.37. The summed E-state index contributed by atoms with van der Waals surface area (Å²) in [7, 11) is 3.60. The lowest BCUT2D eigenvalue weighted by Gasteiger charge is -2.32. The van der Waals surface area contributed by atoms with Gasteiger partial charge in [-0.2, -0.15) is 0 Å². The third-order valence-electron chi connectivity index (χ3n) is 4.13. The summed E-state index contributed by atoms with van der Waals surface area (Å²) < 4.78 is 0. The number of hydrogen-bond acceptors (Lipinski definition) is 3. The van der Waals surface area contributed by atoms with E-state index in [0.29, 0.717) is 12.5 Å². The molecule has 0 radical (unpaired) electrons. The van der Waals surface area contributed by atoms with Gasteiger partial charge in [0.25, 0.3) is 0 Å². The zero-order valence-electron chi connectivity index (χ0n) is 13.5. The highest BCUT2D eigenvalue weighted by atomic mass is 16.2. The first-order chi connectivity index (χ1) is 9.31. The van der Waals surface area contributed by atoms with Gasteiger partial charge >= 0.3 is 0 Å². The topological polar surface area (TPSA) is 52.7 Å². The van der Waals surface area contributed by atoms with Crippen LogP contribution in [0.2, 0.25) is 0 Å². The summed E-state index contributed by atoms with van der Waals surface area (Å²) in [4.78, 5) is 27.6. The van der Waals surface area contributed by atoms with Gasteiger partial charge in [-0.25, -0.2) is 0 Å². The molecule has 0 bridgehead atoms. The molecule has 0 spiro atoms. The third kappa shape index (κ3) is 5.12. The van der Waals surface area contributed by atoms with Crippen molar-refractivity contribution in [2.75, 3.05) is 33.7 Å². The molecule has 1 N–H and O–H groups in total. The highest BCUT2D eigenvalue weighted by Gasteiger charge is 2.27. The van der Waals surface area contributed by atoms with E-state index in [4.69, 9.17) is 0 Å². The third-order valence-corrected chi connectivity index (χ3v) is 4.13. The van der Waals surface area contributed by atoms with E-state index >= 15 is 0 Å². The van der Waals surface area contributed by atoms with Crippen LogP contribution in [0.3, 0.4) is 0 Å². The quantitative estimate of drug-likeness (QED) is 0.817. The van der Waals surface area contributed by atoms with Crippen molar-refractivity contribution in [3.05, 3.63) is 0 Å². The molecule has 2 amide bonds. The van der Waals surface area contributed by atoms with E-state index < -0.39 is 0 Å². The number of nitrogens with zero attached hydrogens (tertiary/aromatic N) is 2. The zero-order chi connectivity index (χ0) is 15.3. The van der Waals surface area contributed by atoms with E-state index in [0.717, 1.165) is 25.9 Å². The van der Waals surface area contributed by atoms with Crippen molar-refractivity contribution < 1.29 is 9.59 Å².